The fraction of sp³-hybridized carbons (Fsp3) is 0.500. The number of halogens is 1. The van der Waals surface area contributed by atoms with E-state index in [4.69, 9.17) is 24.4 Å². The molecule has 0 bridgehead atoms. The molecule has 8 nitrogen and oxygen atoms in total. The number of benzene rings is 2. The second-order valence-electron chi connectivity index (χ2n) is 13.2. The van der Waals surface area contributed by atoms with Gasteiger partial charge in [-0.3, -0.25) is 9.88 Å². The molecule has 0 spiro atoms. The number of aromatic nitrogens is 3. The Balaban J connectivity index is 1.19. The molecule has 4 fully saturated rings. The van der Waals surface area contributed by atoms with E-state index in [1.807, 2.05) is 6.07 Å². The Morgan fingerprint density at radius 2 is 2.02 bits per heavy atom. The highest BCUT2D eigenvalue weighted by Crippen LogP contribution is 2.59. The summed E-state index contributed by atoms with van der Waals surface area (Å²) >= 11 is 0. The maximum Gasteiger partial charge on any atom is 0.319 e. The molecule has 43 heavy (non-hydrogen) atoms. The number of nitrogens with zero attached hydrogens (tertiary/aromatic N) is 5. The van der Waals surface area contributed by atoms with Gasteiger partial charge in [-0.05, 0) is 97.4 Å². The Bertz CT molecular complexity index is 1770. The lowest BCUT2D eigenvalue weighted by molar-refractivity contribution is 0.0830. The van der Waals surface area contributed by atoms with E-state index in [-0.39, 0.29) is 28.5 Å². The average molecular weight is 582 g/mol. The summed E-state index contributed by atoms with van der Waals surface area (Å²) in [7, 11) is 0. The molecule has 222 valence electrons. The van der Waals surface area contributed by atoms with Crippen molar-refractivity contribution in [2.45, 2.75) is 50.5 Å². The maximum absolute atomic E-state index is 16.9. The number of fused-ring (bicyclic) bond motifs is 7. The third-order valence-electron chi connectivity index (χ3n) is 10.8. The van der Waals surface area contributed by atoms with E-state index in [0.29, 0.717) is 49.1 Å². The first-order valence-electron chi connectivity index (χ1n) is 15.9. The number of phenols is 1. The van der Waals surface area contributed by atoms with Crippen LogP contribution in [0, 0.1) is 17.7 Å². The number of ether oxygens (including phenoxy) is 2. The molecular formula is C34H36FN5O3. The summed E-state index contributed by atoms with van der Waals surface area (Å²) in [6, 6.07) is 7.77. The molecule has 5 aliphatic rings. The van der Waals surface area contributed by atoms with Gasteiger partial charge in [0, 0.05) is 38.0 Å². The van der Waals surface area contributed by atoms with Crippen LogP contribution in [-0.4, -0.2) is 76.5 Å². The van der Waals surface area contributed by atoms with E-state index in [2.05, 4.69) is 15.9 Å². The third-order valence-corrected chi connectivity index (χ3v) is 10.8. The zero-order chi connectivity index (χ0) is 28.7. The minimum Gasteiger partial charge on any atom is -0.508 e. The maximum atomic E-state index is 16.9. The first kappa shape index (κ1) is 25.9. The van der Waals surface area contributed by atoms with Crippen LogP contribution in [0.1, 0.15) is 43.2 Å². The van der Waals surface area contributed by atoms with Crippen LogP contribution in [0.15, 0.2) is 30.5 Å². The molecule has 9 heteroatoms. The highest BCUT2D eigenvalue weighted by Gasteiger charge is 2.63. The minimum atomic E-state index is -0.511. The lowest BCUT2D eigenvalue weighted by Gasteiger charge is -2.34. The van der Waals surface area contributed by atoms with Crippen molar-refractivity contribution in [1.29, 1.82) is 0 Å². The molecule has 3 saturated heterocycles. The van der Waals surface area contributed by atoms with Crippen LogP contribution in [0.4, 0.5) is 10.2 Å². The van der Waals surface area contributed by atoms with Gasteiger partial charge in [-0.2, -0.15) is 9.97 Å². The van der Waals surface area contributed by atoms with Crippen LogP contribution >= 0.6 is 0 Å². The average Bonchev–Trinajstić information content (AvgIpc) is 3.39. The smallest absolute Gasteiger partial charge is 0.319 e. The van der Waals surface area contributed by atoms with Gasteiger partial charge in [-0.15, -0.1) is 0 Å². The third kappa shape index (κ3) is 4.04. The lowest BCUT2D eigenvalue weighted by atomic mass is 9.92. The van der Waals surface area contributed by atoms with E-state index in [9.17, 15) is 5.11 Å². The lowest BCUT2D eigenvalue weighted by Crippen LogP contribution is -2.47. The number of phenolic OH excluding ortho intramolecular Hbond substituents is 1. The molecule has 2 aliphatic carbocycles. The van der Waals surface area contributed by atoms with Crippen LogP contribution in [0.2, 0.25) is 0 Å². The molecule has 0 radical (unpaired) electrons. The van der Waals surface area contributed by atoms with Crippen LogP contribution in [0.5, 0.6) is 11.8 Å². The van der Waals surface area contributed by atoms with Gasteiger partial charge in [0.1, 0.15) is 29.4 Å². The number of pyridine rings is 1. The Labute approximate surface area is 249 Å². The summed E-state index contributed by atoms with van der Waals surface area (Å²) in [5.41, 5.74) is 3.57. The molecule has 2 aromatic heterocycles. The van der Waals surface area contributed by atoms with Gasteiger partial charge < -0.3 is 19.5 Å². The largest absolute Gasteiger partial charge is 0.508 e. The van der Waals surface area contributed by atoms with E-state index in [1.165, 1.54) is 24.0 Å². The molecule has 3 atom stereocenters. The topological polar surface area (TPSA) is 83.8 Å². The first-order valence-corrected chi connectivity index (χ1v) is 15.9. The van der Waals surface area contributed by atoms with Gasteiger partial charge >= 0.3 is 6.01 Å². The fourth-order valence-corrected chi connectivity index (χ4v) is 8.70. The highest BCUT2D eigenvalue weighted by atomic mass is 19.1. The van der Waals surface area contributed by atoms with Crippen molar-refractivity contribution >= 4 is 27.5 Å². The van der Waals surface area contributed by atoms with Gasteiger partial charge in [0.2, 0.25) is 0 Å². The molecule has 9 rings (SSSR count). The molecule has 4 aromatic rings. The van der Waals surface area contributed by atoms with Crippen molar-refractivity contribution in [1.82, 2.24) is 19.9 Å². The van der Waals surface area contributed by atoms with Gasteiger partial charge in [0.25, 0.3) is 0 Å². The number of aromatic hydroxyl groups is 1. The van der Waals surface area contributed by atoms with Crippen LogP contribution < -0.4 is 9.64 Å². The number of piperidine rings is 1. The first-order chi connectivity index (χ1) is 21.1. The van der Waals surface area contributed by atoms with Gasteiger partial charge in [-0.1, -0.05) is 12.1 Å². The van der Waals surface area contributed by atoms with E-state index in [0.717, 1.165) is 68.4 Å². The Morgan fingerprint density at radius 3 is 2.98 bits per heavy atom. The summed E-state index contributed by atoms with van der Waals surface area (Å²) in [6.45, 7) is 5.49. The molecular weight excluding hydrogens is 545 g/mol. The quantitative estimate of drug-likeness (QED) is 0.342. The van der Waals surface area contributed by atoms with Crippen molar-refractivity contribution in [3.63, 3.8) is 0 Å². The molecule has 1 unspecified atom stereocenters. The number of rotatable bonds is 5. The van der Waals surface area contributed by atoms with Crippen LogP contribution in [-0.2, 0) is 17.6 Å². The number of hydrogen-bond acceptors (Lipinski definition) is 8. The van der Waals surface area contributed by atoms with Crippen molar-refractivity contribution in [3.8, 4) is 23.0 Å². The summed E-state index contributed by atoms with van der Waals surface area (Å²) in [5.74, 6) is 1.70. The van der Waals surface area contributed by atoms with Crippen LogP contribution in [0.25, 0.3) is 32.9 Å². The van der Waals surface area contributed by atoms with Gasteiger partial charge in [-0.25, -0.2) is 4.39 Å². The SMILES string of the molecule is Oc1cc(-c2ncc3c(N4CCCOCC4)nc(OCC45CCCN4C[C@H]4C[C@H]45)nc3c2F)c2c3c(ccc2c1)CCC3. The standard InChI is InChI=1S/C34H36FN5O3/c35-29-30(25-16-23(41)14-21-7-6-20-4-1-5-24(20)28(21)25)36-17-26-31(29)37-33(38-32(26)39-9-3-12-42-13-11-39)43-19-34-8-2-10-40(34)18-22-15-27(22)34/h6-7,14,16-17,22,27,41H,1-5,8-13,15,18-19H2/t22-,27-,34?/m1/s1. The Morgan fingerprint density at radius 1 is 1.07 bits per heavy atom. The van der Waals surface area contributed by atoms with Crippen molar-refractivity contribution in [2.24, 2.45) is 11.8 Å². The van der Waals surface area contributed by atoms with Crippen molar-refractivity contribution in [3.05, 3.63) is 47.4 Å². The van der Waals surface area contributed by atoms with Crippen molar-refractivity contribution < 1.29 is 19.0 Å². The van der Waals surface area contributed by atoms with Gasteiger partial charge in [0.05, 0.1) is 17.5 Å². The van der Waals surface area contributed by atoms with Crippen molar-refractivity contribution in [2.75, 3.05) is 50.9 Å². The molecule has 3 aliphatic heterocycles. The second kappa shape index (κ2) is 9.72. The Hall–Kier alpha value is -3.56. The van der Waals surface area contributed by atoms with E-state index < -0.39 is 5.82 Å². The number of anilines is 1. The number of aryl methyl sites for hydroxylation is 2. The van der Waals surface area contributed by atoms with Crippen LogP contribution in [0.3, 0.4) is 0 Å². The normalized spacial score (nSPS) is 26.5. The summed E-state index contributed by atoms with van der Waals surface area (Å²) in [5, 5.41) is 13.1. The monoisotopic (exact) mass is 581 g/mol. The van der Waals surface area contributed by atoms with E-state index >= 15 is 4.39 Å². The molecule has 5 heterocycles. The predicted molar refractivity (Wildman–Crippen MR) is 162 cm³/mol. The number of hydrogen-bond donors (Lipinski definition) is 1. The minimum absolute atomic E-state index is 0.0579. The summed E-state index contributed by atoms with van der Waals surface area (Å²) in [4.78, 5) is 19.1. The highest BCUT2D eigenvalue weighted by molar-refractivity contribution is 6.02. The zero-order valence-electron chi connectivity index (χ0n) is 24.3. The molecule has 0 amide bonds. The second-order valence-corrected chi connectivity index (χ2v) is 13.2. The van der Waals surface area contributed by atoms with E-state index in [1.54, 1.807) is 18.3 Å². The zero-order valence-corrected chi connectivity index (χ0v) is 24.3. The van der Waals surface area contributed by atoms with Gasteiger partial charge in [0.15, 0.2) is 5.82 Å². The molecule has 2 aromatic carbocycles. The summed E-state index contributed by atoms with van der Waals surface area (Å²) < 4.78 is 29.0. The Kier molecular flexibility index (Phi) is 5.86. The molecule has 1 N–H and O–H groups in total. The fourth-order valence-electron chi connectivity index (χ4n) is 8.70. The summed E-state index contributed by atoms with van der Waals surface area (Å²) in [6.07, 6.45) is 9.17. The predicted octanol–water partition coefficient (Wildman–Crippen LogP) is 5.27. The molecule has 1 saturated carbocycles.